The van der Waals surface area contributed by atoms with Gasteiger partial charge in [0.25, 0.3) is 5.91 Å². The summed E-state index contributed by atoms with van der Waals surface area (Å²) >= 11 is 0. The minimum atomic E-state index is -0.291. The van der Waals surface area contributed by atoms with Gasteiger partial charge >= 0.3 is 0 Å². The van der Waals surface area contributed by atoms with Gasteiger partial charge in [0.2, 0.25) is 0 Å². The van der Waals surface area contributed by atoms with Gasteiger partial charge in [0, 0.05) is 17.5 Å². The van der Waals surface area contributed by atoms with Crippen molar-refractivity contribution in [2.75, 3.05) is 6.54 Å². The molecule has 0 saturated carbocycles. The first-order chi connectivity index (χ1) is 12.1. The van der Waals surface area contributed by atoms with Crippen molar-refractivity contribution in [1.82, 2.24) is 5.32 Å². The van der Waals surface area contributed by atoms with E-state index in [2.05, 4.69) is 36.5 Å². The largest absolute Gasteiger partial charge is 0.351 e. The van der Waals surface area contributed by atoms with Crippen LogP contribution >= 0.6 is 0 Å². The van der Waals surface area contributed by atoms with Gasteiger partial charge < -0.3 is 5.32 Å². The Hall–Kier alpha value is -2.87. The second kappa shape index (κ2) is 7.35. The molecule has 0 heterocycles. The van der Waals surface area contributed by atoms with Crippen LogP contribution in [0.2, 0.25) is 0 Å². The van der Waals surface area contributed by atoms with Crippen LogP contribution in [0, 0.1) is 6.92 Å². The number of hydrogen-bond acceptors (Lipinski definition) is 1. The normalized spacial score (nSPS) is 11.1. The first kappa shape index (κ1) is 17.0. The highest BCUT2D eigenvalue weighted by molar-refractivity contribution is 5.95. The van der Waals surface area contributed by atoms with Gasteiger partial charge in [-0.2, -0.15) is 0 Å². The van der Waals surface area contributed by atoms with Crippen LogP contribution in [0.3, 0.4) is 0 Å². The predicted octanol–water partition coefficient (Wildman–Crippen LogP) is 4.73. The van der Waals surface area contributed by atoms with Crippen LogP contribution in [-0.4, -0.2) is 12.5 Å². The molecule has 126 valence electrons. The lowest BCUT2D eigenvalue weighted by Gasteiger charge is -2.31. The number of benzene rings is 3. The van der Waals surface area contributed by atoms with Crippen molar-refractivity contribution in [2.45, 2.75) is 19.3 Å². The predicted molar refractivity (Wildman–Crippen MR) is 103 cm³/mol. The number of aryl methyl sites for hydroxylation is 1. The van der Waals surface area contributed by atoms with E-state index in [1.165, 1.54) is 11.1 Å². The van der Waals surface area contributed by atoms with Crippen LogP contribution in [0.15, 0.2) is 84.9 Å². The highest BCUT2D eigenvalue weighted by Crippen LogP contribution is 2.31. The number of carbonyl (C=O) groups excluding carboxylic acids is 1. The first-order valence-corrected chi connectivity index (χ1v) is 8.56. The Balaban J connectivity index is 1.89. The Bertz CT molecular complexity index is 801. The lowest BCUT2D eigenvalue weighted by atomic mass is 9.76. The van der Waals surface area contributed by atoms with Gasteiger partial charge in [-0.25, -0.2) is 0 Å². The summed E-state index contributed by atoms with van der Waals surface area (Å²) in [6.07, 6.45) is 0. The molecule has 2 nitrogen and oxygen atoms in total. The first-order valence-electron chi connectivity index (χ1n) is 8.56. The molecular formula is C23H23NO. The smallest absolute Gasteiger partial charge is 0.251 e. The third kappa shape index (κ3) is 3.63. The van der Waals surface area contributed by atoms with Crippen molar-refractivity contribution in [1.29, 1.82) is 0 Å². The molecule has 0 saturated heterocycles. The molecule has 3 rings (SSSR count). The number of amides is 1. The van der Waals surface area contributed by atoms with Crippen molar-refractivity contribution < 1.29 is 4.79 Å². The van der Waals surface area contributed by atoms with Crippen LogP contribution in [0.1, 0.15) is 34.0 Å². The van der Waals surface area contributed by atoms with Crippen LogP contribution in [0.5, 0.6) is 0 Å². The molecule has 0 aliphatic rings. The van der Waals surface area contributed by atoms with Crippen LogP contribution < -0.4 is 5.32 Å². The molecule has 0 aromatic heterocycles. The molecule has 0 aliphatic carbocycles. The van der Waals surface area contributed by atoms with Gasteiger partial charge in [0.05, 0.1) is 0 Å². The van der Waals surface area contributed by atoms with Crippen molar-refractivity contribution >= 4 is 5.91 Å². The van der Waals surface area contributed by atoms with E-state index in [9.17, 15) is 4.79 Å². The standard InChI is InChI=1S/C23H23NO/c1-18-11-9-10-16-21(18)22(25)24-17-23(2,19-12-5-3-6-13-19)20-14-7-4-8-15-20/h3-16H,17H2,1-2H3,(H,24,25). The summed E-state index contributed by atoms with van der Waals surface area (Å²) < 4.78 is 0. The van der Waals surface area contributed by atoms with Gasteiger partial charge in [-0.15, -0.1) is 0 Å². The summed E-state index contributed by atoms with van der Waals surface area (Å²) in [5.74, 6) is -0.0313. The molecule has 0 spiro atoms. The number of rotatable bonds is 5. The monoisotopic (exact) mass is 329 g/mol. The Morgan fingerprint density at radius 3 is 1.80 bits per heavy atom. The fourth-order valence-corrected chi connectivity index (χ4v) is 3.16. The van der Waals surface area contributed by atoms with Gasteiger partial charge in [0.15, 0.2) is 0 Å². The van der Waals surface area contributed by atoms with Crippen molar-refractivity contribution in [3.8, 4) is 0 Å². The average molecular weight is 329 g/mol. The summed E-state index contributed by atoms with van der Waals surface area (Å²) in [6.45, 7) is 4.67. The minimum absolute atomic E-state index is 0.0313. The zero-order valence-corrected chi connectivity index (χ0v) is 14.7. The van der Waals surface area contributed by atoms with E-state index in [0.717, 1.165) is 11.1 Å². The summed E-state index contributed by atoms with van der Waals surface area (Å²) in [4.78, 5) is 12.7. The summed E-state index contributed by atoms with van der Waals surface area (Å²) in [5, 5.41) is 3.14. The lowest BCUT2D eigenvalue weighted by molar-refractivity contribution is 0.0946. The molecular weight excluding hydrogens is 306 g/mol. The summed E-state index contributed by atoms with van der Waals surface area (Å²) in [7, 11) is 0. The fraction of sp³-hybridized carbons (Fsp3) is 0.174. The number of hydrogen-bond donors (Lipinski definition) is 1. The molecule has 3 aromatic rings. The quantitative estimate of drug-likeness (QED) is 0.720. The van der Waals surface area contributed by atoms with E-state index in [1.54, 1.807) is 0 Å². The second-order valence-corrected chi connectivity index (χ2v) is 6.56. The molecule has 1 N–H and O–H groups in total. The third-order valence-corrected chi connectivity index (χ3v) is 4.81. The number of nitrogens with one attached hydrogen (secondary N) is 1. The molecule has 3 aromatic carbocycles. The zero-order valence-electron chi connectivity index (χ0n) is 14.7. The van der Waals surface area contributed by atoms with Crippen molar-refractivity contribution in [3.05, 3.63) is 107 Å². The number of carbonyl (C=O) groups is 1. The zero-order chi connectivity index (χ0) is 17.7. The molecule has 0 unspecified atom stereocenters. The van der Waals surface area contributed by atoms with Gasteiger partial charge in [-0.05, 0) is 36.6 Å². The molecule has 0 fully saturated rings. The lowest BCUT2D eigenvalue weighted by Crippen LogP contribution is -2.39. The Morgan fingerprint density at radius 1 is 0.800 bits per heavy atom. The average Bonchev–Trinajstić information content (AvgIpc) is 2.67. The molecule has 1 amide bonds. The fourth-order valence-electron chi connectivity index (χ4n) is 3.16. The molecule has 2 heteroatoms. The highest BCUT2D eigenvalue weighted by atomic mass is 16.1. The SMILES string of the molecule is Cc1ccccc1C(=O)NCC(C)(c1ccccc1)c1ccccc1. The molecule has 0 atom stereocenters. The van der Waals surface area contributed by atoms with E-state index < -0.39 is 0 Å². The Morgan fingerprint density at radius 2 is 1.28 bits per heavy atom. The topological polar surface area (TPSA) is 29.1 Å². The highest BCUT2D eigenvalue weighted by Gasteiger charge is 2.29. The molecule has 0 radical (unpaired) electrons. The summed E-state index contributed by atoms with van der Waals surface area (Å²) in [6, 6.07) is 28.3. The van der Waals surface area contributed by atoms with Crippen molar-refractivity contribution in [3.63, 3.8) is 0 Å². The Kier molecular flexibility index (Phi) is 4.99. The van der Waals surface area contributed by atoms with E-state index >= 15 is 0 Å². The van der Waals surface area contributed by atoms with E-state index in [1.807, 2.05) is 67.6 Å². The van der Waals surface area contributed by atoms with Crippen LogP contribution in [0.4, 0.5) is 0 Å². The van der Waals surface area contributed by atoms with Gasteiger partial charge in [-0.1, -0.05) is 78.9 Å². The Labute approximate surface area is 149 Å². The maximum atomic E-state index is 12.7. The molecule has 25 heavy (non-hydrogen) atoms. The second-order valence-electron chi connectivity index (χ2n) is 6.56. The van der Waals surface area contributed by atoms with E-state index in [4.69, 9.17) is 0 Å². The molecule has 0 bridgehead atoms. The maximum absolute atomic E-state index is 12.7. The third-order valence-electron chi connectivity index (χ3n) is 4.81. The van der Waals surface area contributed by atoms with Crippen LogP contribution in [-0.2, 0) is 5.41 Å². The van der Waals surface area contributed by atoms with Gasteiger partial charge in [-0.3, -0.25) is 4.79 Å². The van der Waals surface area contributed by atoms with Gasteiger partial charge in [0.1, 0.15) is 0 Å². The minimum Gasteiger partial charge on any atom is -0.351 e. The molecule has 0 aliphatic heterocycles. The van der Waals surface area contributed by atoms with Crippen LogP contribution in [0.25, 0.3) is 0 Å². The maximum Gasteiger partial charge on any atom is 0.251 e. The van der Waals surface area contributed by atoms with Crippen molar-refractivity contribution in [2.24, 2.45) is 0 Å². The van der Waals surface area contributed by atoms with E-state index in [-0.39, 0.29) is 11.3 Å². The summed E-state index contributed by atoms with van der Waals surface area (Å²) in [5.41, 5.74) is 3.80. The van der Waals surface area contributed by atoms with E-state index in [0.29, 0.717) is 6.54 Å².